The van der Waals surface area contributed by atoms with E-state index in [0.29, 0.717) is 16.1 Å². The lowest BCUT2D eigenvalue weighted by atomic mass is 10.0. The Kier molecular flexibility index (Phi) is 61.8. The van der Waals surface area contributed by atoms with Crippen LogP contribution in [-0.2, 0) is 33.3 Å². The summed E-state index contributed by atoms with van der Waals surface area (Å²) < 4.78 is 90.4. The van der Waals surface area contributed by atoms with Crippen LogP contribution in [0, 0.1) is 59.7 Å². The minimum atomic E-state index is -3.00. The van der Waals surface area contributed by atoms with Crippen molar-refractivity contribution >= 4 is 42.8 Å². The zero-order valence-electron chi connectivity index (χ0n) is 70.6. The molecule has 0 bridgehead atoms. The minimum absolute atomic E-state index is 0.0949. The van der Waals surface area contributed by atoms with Crippen LogP contribution in [0.15, 0.2) is 352 Å². The molecule has 1 N–H and O–H groups in total. The first-order valence-corrected chi connectivity index (χ1v) is 43.1. The third-order valence-electron chi connectivity index (χ3n) is 15.2. The van der Waals surface area contributed by atoms with Gasteiger partial charge in [0.1, 0.15) is 29.4 Å². The number of aryl methyl sites for hydroxylation is 8. The predicted molar refractivity (Wildman–Crippen MR) is 480 cm³/mol. The van der Waals surface area contributed by atoms with Crippen molar-refractivity contribution in [3.63, 3.8) is 0 Å². The van der Waals surface area contributed by atoms with Crippen molar-refractivity contribution in [2.45, 2.75) is 124 Å². The molecule has 24 heteroatoms. The fraction of sp³-hybridized carbons (Fsp3) is 0.263. The summed E-state index contributed by atoms with van der Waals surface area (Å²) in [6.07, 6.45) is 25.4. The van der Waals surface area contributed by atoms with Crippen molar-refractivity contribution in [3.8, 4) is 5.75 Å². The van der Waals surface area contributed by atoms with Crippen LogP contribution in [0.1, 0.15) is 121 Å². The number of methoxy groups -OCH3 is 1. The Bertz CT molecular complexity index is 4510. The summed E-state index contributed by atoms with van der Waals surface area (Å²) in [7, 11) is -0.819. The molecule has 0 spiro atoms. The Morgan fingerprint density at radius 3 is 1.23 bits per heavy atom. The van der Waals surface area contributed by atoms with Crippen LogP contribution in [0.3, 0.4) is 0 Å². The zero-order chi connectivity index (χ0) is 87.5. The third-order valence-corrected chi connectivity index (χ3v) is 19.0. The van der Waals surface area contributed by atoms with Gasteiger partial charge >= 0.3 is 5.91 Å². The first kappa shape index (κ1) is 105. The first-order chi connectivity index (χ1) is 57.5. The van der Waals surface area contributed by atoms with Gasteiger partial charge in [-0.05, 0) is 115 Å². The molecule has 9 aromatic carbocycles. The number of nitrogens with one attached hydrogen (secondary N) is 1. The average molecular weight is 1680 g/mol. The number of oxazole rings is 1. The Morgan fingerprint density at radius 1 is 0.546 bits per heavy atom. The number of carbonyl (C=O) groups is 1. The standard InChI is InChI=1S/C7H7F.C7H15NO2S.C7H5N.C7H8O2S.C7H8O.3C7H8.C6H5F.C6H12.C6H6.C5H6N2O2.C4H6N2O.C4H6N2.C4H5NO.C4H5NS/c1-6-4-2-3-5-7(6)8;1-2-11(9,10)8-6-4-3-5-7-8;1-8-7-5-3-2-4-6-7;1-10(8,9)7-5-3-2-4-6-7;1-8-7-5-3-2-4-6-7;3*1-7-5-3-2-4-6-7;7-6-4-2-1-3-5-6;2*1-2-4-6-5-3-1;1-6-4(8)5-7-2-3-9-5;1-2-4-5-3-7-6-4;1-6-4-2-3-5-6;1-4-2-3-5-6-4;1-4-5-2-3-6-4/h2-5H,1H3;2-7H2,1H3;2-6H;2-6H,1H3;2-6H,1H3;3*2-6H,1H3;1-5H;1-6H2;1-6H;2-3H,1H3,(H,6,8);3H,2H2,1H3;2-4H,1H3;2*2-3H,1H3. The number of amides is 1. The maximum Gasteiger partial charge on any atom is 0.306 e. The minimum Gasteiger partial charge on any atom is -0.497 e. The van der Waals surface area contributed by atoms with Gasteiger partial charge in [0.15, 0.2) is 21.3 Å². The number of hydrogen-bond acceptors (Lipinski definition) is 16. The van der Waals surface area contributed by atoms with E-state index in [9.17, 15) is 30.4 Å². The highest BCUT2D eigenvalue weighted by Gasteiger charge is 2.21. The number of aromatic nitrogens is 7. The van der Waals surface area contributed by atoms with Crippen molar-refractivity contribution in [2.24, 2.45) is 7.05 Å². The fourth-order valence-electron chi connectivity index (χ4n) is 8.78. The van der Waals surface area contributed by atoms with Gasteiger partial charge in [-0.3, -0.25) is 14.5 Å². The quantitative estimate of drug-likeness (QED) is 0.152. The topological polar surface area (TPSA) is 236 Å². The van der Waals surface area contributed by atoms with Crippen molar-refractivity contribution in [1.29, 1.82) is 0 Å². The number of thiazole rings is 1. The normalized spacial score (nSPS) is 10.9. The van der Waals surface area contributed by atoms with E-state index in [2.05, 4.69) is 111 Å². The predicted octanol–water partition coefficient (Wildman–Crippen LogP) is 23.3. The Balaban J connectivity index is 0.000000636. The lowest BCUT2D eigenvalue weighted by Gasteiger charge is -2.24. The fourth-order valence-corrected chi connectivity index (χ4v) is 11.0. The van der Waals surface area contributed by atoms with Crippen LogP contribution < -0.4 is 10.1 Å². The molecule has 1 aliphatic heterocycles. The molecule has 16 rings (SSSR count). The average Bonchev–Trinajstić information content (AvgIpc) is 1.64. The highest BCUT2D eigenvalue weighted by molar-refractivity contribution is 7.90. The van der Waals surface area contributed by atoms with Gasteiger partial charge in [0.25, 0.3) is 5.89 Å². The molecule has 19 nitrogen and oxygen atoms in total. The highest BCUT2D eigenvalue weighted by atomic mass is 32.2. The van der Waals surface area contributed by atoms with Crippen LogP contribution >= 0.6 is 11.3 Å². The van der Waals surface area contributed by atoms with Gasteiger partial charge in [0, 0.05) is 69.9 Å². The Labute approximate surface area is 710 Å². The summed E-state index contributed by atoms with van der Waals surface area (Å²) in [4.78, 5) is 25.5. The van der Waals surface area contributed by atoms with Crippen LogP contribution in [0.5, 0.6) is 5.75 Å². The molecule has 0 atom stereocenters. The van der Waals surface area contributed by atoms with E-state index in [4.69, 9.17) is 11.3 Å². The van der Waals surface area contributed by atoms with E-state index >= 15 is 0 Å². The summed E-state index contributed by atoms with van der Waals surface area (Å²) in [5.74, 6) is 2.25. The van der Waals surface area contributed by atoms with E-state index in [0.717, 1.165) is 54.7 Å². The SMILES string of the molecule is C1CCCCC1.CCS(=O)(=O)N1CCCCC1.CCc1ncon1.CNC(=O)c1ncco1.COc1ccccc1.CS(=O)(=O)c1ccccc1.Cc1ccccc1.Cc1ccccc1.Cc1ccccc1.Cc1ccccc1F.Cc1ccno1.Cc1nccs1.Cn1cccn1.Fc1ccccc1.[C-]#[N+]c1ccccc1.c1ccccc1. The Morgan fingerprint density at radius 2 is 0.992 bits per heavy atom. The van der Waals surface area contributed by atoms with Crippen LogP contribution in [-0.4, -0.2) is 101 Å². The number of halogens is 2. The van der Waals surface area contributed by atoms with Gasteiger partial charge in [0.05, 0.1) is 41.7 Å². The molecule has 6 heterocycles. The number of benzene rings is 9. The molecule has 2 fully saturated rings. The third kappa shape index (κ3) is 61.0. The second-order valence-corrected chi connectivity index (χ2v) is 30.5. The molecule has 14 aromatic rings. The van der Waals surface area contributed by atoms with Gasteiger partial charge in [-0.2, -0.15) is 10.1 Å². The van der Waals surface area contributed by atoms with E-state index < -0.39 is 19.9 Å². The number of sulfone groups is 1. The zero-order valence-corrected chi connectivity index (χ0v) is 73.1. The summed E-state index contributed by atoms with van der Waals surface area (Å²) >= 11 is 1.67. The maximum atomic E-state index is 12.3. The van der Waals surface area contributed by atoms with E-state index in [1.165, 1.54) is 112 Å². The summed E-state index contributed by atoms with van der Waals surface area (Å²) in [5, 5.41) is 16.3. The van der Waals surface area contributed by atoms with Gasteiger partial charge in [-0.1, -0.05) is 309 Å². The number of piperidine rings is 1. The van der Waals surface area contributed by atoms with Crippen LogP contribution in [0.25, 0.3) is 4.85 Å². The van der Waals surface area contributed by atoms with Gasteiger partial charge in [0.2, 0.25) is 16.4 Å². The van der Waals surface area contributed by atoms with Gasteiger partial charge in [-0.25, -0.2) is 39.8 Å². The highest BCUT2D eigenvalue weighted by Crippen LogP contribution is 2.16. The number of para-hydroxylation sites is 2. The first-order valence-electron chi connectivity index (χ1n) is 38.7. The number of ether oxygens (including phenoxy) is 1. The molecule has 1 saturated heterocycles. The van der Waals surface area contributed by atoms with Crippen LogP contribution in [0.2, 0.25) is 0 Å². The monoisotopic (exact) mass is 1680 g/mol. The molecule has 5 aromatic heterocycles. The van der Waals surface area contributed by atoms with Gasteiger partial charge in [-0.15, -0.1) is 11.3 Å². The molecular formula is C95H118F2N10O9S3. The van der Waals surface area contributed by atoms with Crippen molar-refractivity contribution in [1.82, 2.24) is 44.7 Å². The second kappa shape index (κ2) is 70.1. The molecule has 0 unspecified atom stereocenters. The molecule has 634 valence electrons. The molecule has 119 heavy (non-hydrogen) atoms. The Hall–Kier alpha value is -12.1. The molecule has 0 radical (unpaired) electrons. The molecular weight excluding hydrogens is 1560 g/mol. The van der Waals surface area contributed by atoms with Crippen molar-refractivity contribution < 1.29 is 48.6 Å². The number of nitrogens with zero attached hydrogens (tertiary/aromatic N) is 9. The number of carbonyl (C=O) groups excluding carboxylic acids is 1. The number of hydrogen-bond donors (Lipinski definition) is 1. The molecule has 1 aliphatic carbocycles. The summed E-state index contributed by atoms with van der Waals surface area (Å²) in [6.45, 7) is 23.5. The summed E-state index contributed by atoms with van der Waals surface area (Å²) in [6, 6.07) is 88.3. The number of rotatable bonds is 6. The van der Waals surface area contributed by atoms with E-state index in [1.54, 1.807) is 139 Å². The molecule has 1 amide bonds. The maximum absolute atomic E-state index is 12.3. The van der Waals surface area contributed by atoms with E-state index in [-0.39, 0.29) is 29.2 Å². The lowest BCUT2D eigenvalue weighted by molar-refractivity contribution is 0.0928. The lowest BCUT2D eigenvalue weighted by Crippen LogP contribution is -2.36. The second-order valence-electron chi connectivity index (χ2n) is 25.2. The smallest absolute Gasteiger partial charge is 0.306 e. The van der Waals surface area contributed by atoms with Crippen molar-refractivity contribution in [2.75, 3.05) is 39.3 Å². The van der Waals surface area contributed by atoms with Crippen molar-refractivity contribution in [3.05, 3.63) is 402 Å². The van der Waals surface area contributed by atoms with E-state index in [1.807, 2.05) is 191 Å². The van der Waals surface area contributed by atoms with Gasteiger partial charge < -0.3 is 23.5 Å². The number of sulfonamides is 1. The summed E-state index contributed by atoms with van der Waals surface area (Å²) in [5.41, 5.74) is 5.37. The molecule has 2 aliphatic rings. The largest absolute Gasteiger partial charge is 0.497 e. The van der Waals surface area contributed by atoms with Crippen LogP contribution in [0.4, 0.5) is 14.5 Å². The molecule has 1 saturated carbocycles.